The molecule has 0 aliphatic carbocycles. The van der Waals surface area contributed by atoms with E-state index in [1.54, 1.807) is 17.2 Å². The molecular formula is C26H28FN7O. The normalized spacial score (nSPS) is 16.3. The van der Waals surface area contributed by atoms with Crippen LogP contribution in [0.1, 0.15) is 19.4 Å². The molecule has 1 aliphatic rings. The lowest BCUT2D eigenvalue weighted by atomic mass is 10.00. The van der Waals surface area contributed by atoms with Crippen molar-refractivity contribution in [2.24, 2.45) is 10.9 Å². The number of aryl methyl sites for hydroxylation is 1. The molecular weight excluding hydrogens is 445 g/mol. The lowest BCUT2D eigenvalue weighted by Gasteiger charge is -2.44. The molecule has 2 aromatic carbocycles. The van der Waals surface area contributed by atoms with Gasteiger partial charge < -0.3 is 20.4 Å². The van der Waals surface area contributed by atoms with E-state index >= 15 is 0 Å². The number of halogens is 1. The van der Waals surface area contributed by atoms with Crippen LogP contribution in [-0.4, -0.2) is 52.5 Å². The Hall–Kier alpha value is -4.19. The molecule has 0 spiro atoms. The highest BCUT2D eigenvalue weighted by atomic mass is 19.1. The molecule has 3 aromatic rings. The van der Waals surface area contributed by atoms with Crippen LogP contribution in [0.3, 0.4) is 0 Å². The average molecular weight is 474 g/mol. The fourth-order valence-electron chi connectivity index (χ4n) is 4.30. The van der Waals surface area contributed by atoms with Crippen molar-refractivity contribution in [3.05, 3.63) is 66.1 Å². The van der Waals surface area contributed by atoms with Crippen molar-refractivity contribution in [3.8, 4) is 6.19 Å². The quantitative estimate of drug-likeness (QED) is 0.323. The minimum Gasteiger partial charge on any atom is -0.335 e. The van der Waals surface area contributed by atoms with Gasteiger partial charge in [-0.05, 0) is 54.8 Å². The third kappa shape index (κ3) is 5.32. The monoisotopic (exact) mass is 473 g/mol. The van der Waals surface area contributed by atoms with E-state index < -0.39 is 5.82 Å². The van der Waals surface area contributed by atoms with Gasteiger partial charge in [0, 0.05) is 36.9 Å². The van der Waals surface area contributed by atoms with Gasteiger partial charge in [0.1, 0.15) is 5.82 Å². The van der Waals surface area contributed by atoms with Crippen LogP contribution in [0, 0.1) is 30.1 Å². The van der Waals surface area contributed by atoms with Crippen molar-refractivity contribution in [2.75, 3.05) is 30.3 Å². The first-order chi connectivity index (χ1) is 16.9. The number of urea groups is 1. The summed E-state index contributed by atoms with van der Waals surface area (Å²) in [4.78, 5) is 25.3. The first-order valence-electron chi connectivity index (χ1n) is 11.5. The topological polar surface area (TPSA) is 96.7 Å². The van der Waals surface area contributed by atoms with Gasteiger partial charge in [0.25, 0.3) is 0 Å². The number of hydrogen-bond acceptors (Lipinski definition) is 4. The number of nitrogens with zero attached hydrogens (tertiary/aromatic N) is 5. The highest BCUT2D eigenvalue weighted by molar-refractivity contribution is 6.02. The minimum atomic E-state index is -0.400. The second-order valence-corrected chi connectivity index (χ2v) is 8.88. The number of pyridine rings is 1. The Bertz CT molecular complexity index is 1300. The summed E-state index contributed by atoms with van der Waals surface area (Å²) in [6, 6.07) is 13.5. The first kappa shape index (κ1) is 24.0. The average Bonchev–Trinajstić information content (AvgIpc) is 2.85. The Morgan fingerprint density at radius 2 is 2.00 bits per heavy atom. The number of piperazine rings is 1. The number of aromatic nitrogens is 1. The lowest BCUT2D eigenvalue weighted by molar-refractivity contribution is 0.120. The number of benzene rings is 2. The molecule has 2 heterocycles. The molecule has 9 heteroatoms. The molecule has 0 saturated carbocycles. The summed E-state index contributed by atoms with van der Waals surface area (Å²) in [5.41, 5.74) is 2.88. The number of hydrogen-bond donors (Lipinski definition) is 2. The van der Waals surface area contributed by atoms with Crippen LogP contribution in [0.25, 0.3) is 10.9 Å². The Kier molecular flexibility index (Phi) is 7.11. The molecule has 2 N–H and O–H groups in total. The number of amides is 2. The fraction of sp³-hybridized carbons (Fsp3) is 0.308. The highest BCUT2D eigenvalue weighted by Crippen LogP contribution is 2.25. The van der Waals surface area contributed by atoms with Crippen molar-refractivity contribution >= 4 is 34.3 Å². The third-order valence-electron chi connectivity index (χ3n) is 6.24. The Labute approximate surface area is 204 Å². The summed E-state index contributed by atoms with van der Waals surface area (Å²) in [5, 5.41) is 16.5. The van der Waals surface area contributed by atoms with Gasteiger partial charge in [0.2, 0.25) is 12.2 Å². The lowest BCUT2D eigenvalue weighted by Crippen LogP contribution is -2.60. The Balaban J connectivity index is 1.54. The van der Waals surface area contributed by atoms with E-state index in [0.29, 0.717) is 31.3 Å². The van der Waals surface area contributed by atoms with E-state index in [0.717, 1.165) is 22.2 Å². The number of anilines is 2. The van der Waals surface area contributed by atoms with E-state index in [2.05, 4.69) is 34.5 Å². The molecule has 4 rings (SSSR count). The molecule has 1 aliphatic heterocycles. The van der Waals surface area contributed by atoms with Crippen LogP contribution in [0.15, 0.2) is 59.7 Å². The molecule has 1 atom stereocenters. The van der Waals surface area contributed by atoms with Crippen LogP contribution in [0.4, 0.5) is 20.6 Å². The summed E-state index contributed by atoms with van der Waals surface area (Å²) in [6.07, 6.45) is 3.65. The number of rotatable bonds is 3. The summed E-state index contributed by atoms with van der Waals surface area (Å²) in [5.74, 6) is 0.202. The highest BCUT2D eigenvalue weighted by Gasteiger charge is 2.34. The van der Waals surface area contributed by atoms with Crippen molar-refractivity contribution in [3.63, 3.8) is 0 Å². The molecule has 0 bridgehead atoms. The van der Waals surface area contributed by atoms with E-state index in [-0.39, 0.29) is 18.0 Å². The Morgan fingerprint density at radius 3 is 2.77 bits per heavy atom. The maximum absolute atomic E-state index is 13.7. The second kappa shape index (κ2) is 10.4. The molecule has 2 amide bonds. The zero-order valence-electron chi connectivity index (χ0n) is 20.0. The van der Waals surface area contributed by atoms with Gasteiger partial charge in [-0.2, -0.15) is 5.26 Å². The van der Waals surface area contributed by atoms with Gasteiger partial charge >= 0.3 is 6.03 Å². The predicted octanol–water partition coefficient (Wildman–Crippen LogP) is 4.81. The summed E-state index contributed by atoms with van der Waals surface area (Å²) in [7, 11) is 0. The van der Waals surface area contributed by atoms with Gasteiger partial charge in [-0.3, -0.25) is 4.98 Å². The van der Waals surface area contributed by atoms with Gasteiger partial charge in [-0.1, -0.05) is 26.0 Å². The molecule has 8 nitrogen and oxygen atoms in total. The van der Waals surface area contributed by atoms with E-state index in [1.807, 2.05) is 48.3 Å². The Morgan fingerprint density at radius 1 is 1.17 bits per heavy atom. The smallest absolute Gasteiger partial charge is 0.321 e. The van der Waals surface area contributed by atoms with Crippen molar-refractivity contribution in [2.45, 2.75) is 26.8 Å². The van der Waals surface area contributed by atoms with Gasteiger partial charge in [0.15, 0.2) is 0 Å². The molecule has 1 saturated heterocycles. The van der Waals surface area contributed by atoms with Crippen molar-refractivity contribution < 1.29 is 9.18 Å². The molecule has 35 heavy (non-hydrogen) atoms. The molecule has 0 radical (unpaired) electrons. The van der Waals surface area contributed by atoms with Gasteiger partial charge in [-0.25, -0.2) is 9.18 Å². The van der Waals surface area contributed by atoms with Crippen molar-refractivity contribution in [1.82, 2.24) is 14.8 Å². The number of nitriles is 1. The van der Waals surface area contributed by atoms with Crippen LogP contribution in [-0.2, 0) is 0 Å². The first-order valence-corrected chi connectivity index (χ1v) is 11.5. The SMILES string of the molecule is Cc1ccc(F)cc1NC(=O)N1CCN(/C(=N\C#N)Nc2cccc3ncccc23)C(C(C)C)C1. The van der Waals surface area contributed by atoms with Gasteiger partial charge in [-0.15, -0.1) is 4.99 Å². The van der Waals surface area contributed by atoms with Crippen LogP contribution in [0.2, 0.25) is 0 Å². The number of carbonyl (C=O) groups excluding carboxylic acids is 1. The van der Waals surface area contributed by atoms with Crippen LogP contribution >= 0.6 is 0 Å². The standard InChI is InChI=1S/C26H28FN7O/c1-17(2)24-15-33(26(35)32-23-14-19(27)10-9-18(23)3)12-13-34(24)25(30-16-28)31-22-8-4-7-21-20(22)6-5-11-29-21/h4-11,14,17,24H,12-13,15H2,1-3H3,(H,30,31)(H,32,35). The number of guanidine groups is 1. The summed E-state index contributed by atoms with van der Waals surface area (Å²) in [6.45, 7) is 7.30. The molecule has 1 aromatic heterocycles. The minimum absolute atomic E-state index is 0.0872. The van der Waals surface area contributed by atoms with Crippen molar-refractivity contribution in [1.29, 1.82) is 5.26 Å². The summed E-state index contributed by atoms with van der Waals surface area (Å²) >= 11 is 0. The number of nitrogens with one attached hydrogen (secondary N) is 2. The molecule has 1 unspecified atom stereocenters. The van der Waals surface area contributed by atoms with Gasteiger partial charge in [0.05, 0.1) is 17.2 Å². The fourth-order valence-corrected chi connectivity index (χ4v) is 4.30. The predicted molar refractivity (Wildman–Crippen MR) is 135 cm³/mol. The zero-order valence-corrected chi connectivity index (χ0v) is 20.0. The van der Waals surface area contributed by atoms with E-state index in [9.17, 15) is 14.4 Å². The maximum atomic E-state index is 13.7. The maximum Gasteiger partial charge on any atom is 0.321 e. The number of aliphatic imine (C=N–C) groups is 1. The largest absolute Gasteiger partial charge is 0.335 e. The third-order valence-corrected chi connectivity index (χ3v) is 6.24. The van der Waals surface area contributed by atoms with Crippen LogP contribution < -0.4 is 10.6 Å². The zero-order chi connectivity index (χ0) is 24.9. The van der Waals surface area contributed by atoms with Crippen LogP contribution in [0.5, 0.6) is 0 Å². The number of carbonyl (C=O) groups is 1. The summed E-state index contributed by atoms with van der Waals surface area (Å²) < 4.78 is 13.7. The van der Waals surface area contributed by atoms with E-state index in [1.165, 1.54) is 12.1 Å². The second-order valence-electron chi connectivity index (χ2n) is 8.88. The van der Waals surface area contributed by atoms with E-state index in [4.69, 9.17) is 0 Å². The molecule has 180 valence electrons. The number of fused-ring (bicyclic) bond motifs is 1. The molecule has 1 fully saturated rings.